The van der Waals surface area contributed by atoms with Crippen LogP contribution in [-0.4, -0.2) is 16.1 Å². The van der Waals surface area contributed by atoms with Crippen LogP contribution in [0.25, 0.3) is 22.0 Å². The number of nitrogens with one attached hydrogen (secondary N) is 1. The highest BCUT2D eigenvalue weighted by molar-refractivity contribution is 6.04. The van der Waals surface area contributed by atoms with Crippen molar-refractivity contribution in [1.82, 2.24) is 4.98 Å². The van der Waals surface area contributed by atoms with Gasteiger partial charge in [-0.05, 0) is 30.2 Å². The van der Waals surface area contributed by atoms with Crippen molar-refractivity contribution in [2.24, 2.45) is 0 Å². The van der Waals surface area contributed by atoms with Crippen molar-refractivity contribution in [3.05, 3.63) is 59.8 Å². The lowest BCUT2D eigenvalue weighted by Gasteiger charge is -2.03. The molecule has 0 bridgehead atoms. The highest BCUT2D eigenvalue weighted by Crippen LogP contribution is 2.26. The summed E-state index contributed by atoms with van der Waals surface area (Å²) >= 11 is 0. The summed E-state index contributed by atoms with van der Waals surface area (Å²) in [5, 5.41) is 9.89. The molecule has 2 N–H and O–H groups in total. The van der Waals surface area contributed by atoms with Crippen molar-refractivity contribution in [1.29, 1.82) is 0 Å². The van der Waals surface area contributed by atoms with Gasteiger partial charge in [-0.2, -0.15) is 0 Å². The molecule has 1 aromatic heterocycles. The summed E-state index contributed by atoms with van der Waals surface area (Å²) in [6, 6.07) is 14.0. The summed E-state index contributed by atoms with van der Waals surface area (Å²) in [6.07, 6.45) is 1.53. The van der Waals surface area contributed by atoms with Gasteiger partial charge < -0.3 is 10.1 Å². The van der Waals surface area contributed by atoms with E-state index in [0.29, 0.717) is 5.56 Å². The first-order valence-corrected chi connectivity index (χ1v) is 6.06. The van der Waals surface area contributed by atoms with Gasteiger partial charge in [0.1, 0.15) is 0 Å². The van der Waals surface area contributed by atoms with Gasteiger partial charge in [-0.3, -0.25) is 0 Å². The topological polar surface area (TPSA) is 53.1 Å². The van der Waals surface area contributed by atoms with Gasteiger partial charge in [0.15, 0.2) is 0 Å². The summed E-state index contributed by atoms with van der Waals surface area (Å²) in [7, 11) is 0. The van der Waals surface area contributed by atoms with Crippen LogP contribution in [-0.2, 0) is 0 Å². The first-order valence-electron chi connectivity index (χ1n) is 6.06. The zero-order valence-corrected chi connectivity index (χ0v) is 10.5. The van der Waals surface area contributed by atoms with E-state index in [2.05, 4.69) is 17.1 Å². The lowest BCUT2D eigenvalue weighted by Crippen LogP contribution is -1.93. The Morgan fingerprint density at radius 3 is 2.42 bits per heavy atom. The molecule has 0 spiro atoms. The minimum atomic E-state index is -0.910. The first kappa shape index (κ1) is 11.5. The maximum Gasteiger partial charge on any atom is 0.337 e. The largest absolute Gasteiger partial charge is 0.478 e. The van der Waals surface area contributed by atoms with Crippen LogP contribution in [0.2, 0.25) is 0 Å². The molecule has 0 amide bonds. The molecule has 0 saturated heterocycles. The monoisotopic (exact) mass is 251 g/mol. The fourth-order valence-corrected chi connectivity index (χ4v) is 2.22. The lowest BCUT2D eigenvalue weighted by atomic mass is 10.0. The summed E-state index contributed by atoms with van der Waals surface area (Å²) in [5.74, 6) is -0.910. The van der Waals surface area contributed by atoms with Gasteiger partial charge in [-0.1, -0.05) is 35.9 Å². The third kappa shape index (κ3) is 1.99. The second kappa shape index (κ2) is 4.28. The van der Waals surface area contributed by atoms with Crippen LogP contribution in [0.3, 0.4) is 0 Å². The number of aromatic carboxylic acids is 1. The Morgan fingerprint density at radius 2 is 1.74 bits per heavy atom. The fourth-order valence-electron chi connectivity index (χ4n) is 2.22. The second-order valence-electron chi connectivity index (χ2n) is 4.63. The van der Waals surface area contributed by atoms with E-state index < -0.39 is 5.97 Å². The zero-order valence-electron chi connectivity index (χ0n) is 10.5. The van der Waals surface area contributed by atoms with Crippen molar-refractivity contribution in [3.63, 3.8) is 0 Å². The minimum Gasteiger partial charge on any atom is -0.478 e. The molecular weight excluding hydrogens is 238 g/mol. The smallest absolute Gasteiger partial charge is 0.337 e. The van der Waals surface area contributed by atoms with Crippen molar-refractivity contribution >= 4 is 16.9 Å². The highest BCUT2D eigenvalue weighted by Gasteiger charge is 2.11. The number of carboxylic acids is 1. The van der Waals surface area contributed by atoms with Crippen molar-refractivity contribution < 1.29 is 9.90 Å². The molecule has 0 aliphatic heterocycles. The molecular formula is C16H13NO2. The number of H-pyrrole nitrogens is 1. The van der Waals surface area contributed by atoms with E-state index in [9.17, 15) is 4.79 Å². The van der Waals surface area contributed by atoms with Crippen LogP contribution in [0, 0.1) is 6.92 Å². The normalized spacial score (nSPS) is 10.8. The third-order valence-corrected chi connectivity index (χ3v) is 3.30. The molecule has 1 heterocycles. The molecule has 3 heteroatoms. The van der Waals surface area contributed by atoms with E-state index in [-0.39, 0.29) is 0 Å². The molecule has 0 aliphatic carbocycles. The van der Waals surface area contributed by atoms with Gasteiger partial charge in [-0.25, -0.2) is 4.79 Å². The standard InChI is InChI=1S/C16H13NO2/c1-10-2-4-11(5-3-10)12-6-7-15-13(8-12)14(9-17-15)16(18)19/h2-9,17H,1H3,(H,18,19). The Bertz CT molecular complexity index is 754. The third-order valence-electron chi connectivity index (χ3n) is 3.30. The number of aromatic amines is 1. The fraction of sp³-hybridized carbons (Fsp3) is 0.0625. The Labute approximate surface area is 110 Å². The summed E-state index contributed by atoms with van der Waals surface area (Å²) in [6.45, 7) is 2.04. The molecule has 3 nitrogen and oxygen atoms in total. The summed E-state index contributed by atoms with van der Waals surface area (Å²) in [4.78, 5) is 14.1. The number of carboxylic acid groups (broad SMARTS) is 1. The maximum atomic E-state index is 11.1. The molecule has 0 radical (unpaired) electrons. The number of aromatic nitrogens is 1. The van der Waals surface area contributed by atoms with E-state index in [1.807, 2.05) is 37.3 Å². The molecule has 0 saturated carbocycles. The molecule has 3 rings (SSSR count). The number of fused-ring (bicyclic) bond motifs is 1. The van der Waals surface area contributed by atoms with Gasteiger partial charge in [0.2, 0.25) is 0 Å². The molecule has 2 aromatic carbocycles. The number of benzene rings is 2. The quantitative estimate of drug-likeness (QED) is 0.727. The molecule has 19 heavy (non-hydrogen) atoms. The predicted molar refractivity (Wildman–Crippen MR) is 75.4 cm³/mol. The Kier molecular flexibility index (Phi) is 2.60. The first-order chi connectivity index (χ1) is 9.15. The van der Waals surface area contributed by atoms with Crippen molar-refractivity contribution in [2.45, 2.75) is 6.92 Å². The number of hydrogen-bond acceptors (Lipinski definition) is 1. The van der Waals surface area contributed by atoms with Gasteiger partial charge >= 0.3 is 5.97 Å². The van der Waals surface area contributed by atoms with E-state index in [0.717, 1.165) is 22.0 Å². The van der Waals surface area contributed by atoms with E-state index in [1.165, 1.54) is 11.8 Å². The van der Waals surface area contributed by atoms with Gasteiger partial charge in [0.25, 0.3) is 0 Å². The van der Waals surface area contributed by atoms with Crippen LogP contribution < -0.4 is 0 Å². The van der Waals surface area contributed by atoms with Gasteiger partial charge in [0, 0.05) is 17.1 Å². The van der Waals surface area contributed by atoms with Crippen molar-refractivity contribution in [2.75, 3.05) is 0 Å². The Morgan fingerprint density at radius 1 is 1.05 bits per heavy atom. The van der Waals surface area contributed by atoms with Crippen LogP contribution in [0.15, 0.2) is 48.7 Å². The number of hydrogen-bond donors (Lipinski definition) is 2. The molecule has 94 valence electrons. The van der Waals surface area contributed by atoms with Crippen LogP contribution in [0.5, 0.6) is 0 Å². The Hall–Kier alpha value is -2.55. The number of aryl methyl sites for hydroxylation is 1. The van der Waals surface area contributed by atoms with Gasteiger partial charge in [-0.15, -0.1) is 0 Å². The maximum absolute atomic E-state index is 11.1. The summed E-state index contributed by atoms with van der Waals surface area (Å²) in [5.41, 5.74) is 4.47. The summed E-state index contributed by atoms with van der Waals surface area (Å²) < 4.78 is 0. The number of rotatable bonds is 2. The zero-order chi connectivity index (χ0) is 13.4. The molecule has 0 atom stereocenters. The molecule has 0 fully saturated rings. The van der Waals surface area contributed by atoms with Crippen LogP contribution >= 0.6 is 0 Å². The highest BCUT2D eigenvalue weighted by atomic mass is 16.4. The van der Waals surface area contributed by atoms with E-state index >= 15 is 0 Å². The number of carbonyl (C=O) groups is 1. The molecule has 3 aromatic rings. The lowest BCUT2D eigenvalue weighted by molar-refractivity contribution is 0.0699. The van der Waals surface area contributed by atoms with E-state index in [4.69, 9.17) is 5.11 Å². The average Bonchev–Trinajstić information content (AvgIpc) is 2.82. The van der Waals surface area contributed by atoms with Crippen LogP contribution in [0.4, 0.5) is 0 Å². The Balaban J connectivity index is 2.17. The minimum absolute atomic E-state index is 0.309. The van der Waals surface area contributed by atoms with Crippen LogP contribution in [0.1, 0.15) is 15.9 Å². The predicted octanol–water partition coefficient (Wildman–Crippen LogP) is 3.84. The second-order valence-corrected chi connectivity index (χ2v) is 4.63. The average molecular weight is 251 g/mol. The van der Waals surface area contributed by atoms with Gasteiger partial charge in [0.05, 0.1) is 5.56 Å². The van der Waals surface area contributed by atoms with E-state index in [1.54, 1.807) is 0 Å². The molecule has 0 aliphatic rings. The molecule has 0 unspecified atom stereocenters. The van der Waals surface area contributed by atoms with Crippen molar-refractivity contribution in [3.8, 4) is 11.1 Å². The SMILES string of the molecule is Cc1ccc(-c2ccc3[nH]cc(C(=O)O)c3c2)cc1.